The van der Waals surface area contributed by atoms with Crippen LogP contribution >= 0.6 is 0 Å². The number of hydrogen-bond donors (Lipinski definition) is 2. The fourth-order valence-corrected chi connectivity index (χ4v) is 5.72. The zero-order chi connectivity index (χ0) is 33.7. The number of primary amides is 1. The number of fused-ring (bicyclic) bond motifs is 6. The third-order valence-electron chi connectivity index (χ3n) is 8.30. The molecule has 0 spiro atoms. The van der Waals surface area contributed by atoms with Gasteiger partial charge in [-0.25, -0.2) is 0 Å². The summed E-state index contributed by atoms with van der Waals surface area (Å²) in [6.07, 6.45) is 6.66. The van der Waals surface area contributed by atoms with Gasteiger partial charge in [-0.2, -0.15) is 20.8 Å². The molecule has 2 amide bonds. The Kier molecular flexibility index (Phi) is 8.65. The Morgan fingerprint density at radius 1 is 0.771 bits per heavy atom. The Labute approximate surface area is 275 Å². The number of nitrogens with two attached hydrogens (primary N) is 1. The van der Waals surface area contributed by atoms with Crippen LogP contribution in [0.1, 0.15) is 38.2 Å². The number of anilines is 1. The van der Waals surface area contributed by atoms with Gasteiger partial charge in [0.15, 0.2) is 11.1 Å². The highest BCUT2D eigenvalue weighted by atomic mass is 16.1. The number of carbonyl (C=O) groups excluding carboxylic acids is 2. The summed E-state index contributed by atoms with van der Waals surface area (Å²) in [7, 11) is 0. The molecular weight excluding hydrogens is 604 g/mol. The molecule has 0 bridgehead atoms. The second-order valence-electron chi connectivity index (χ2n) is 11.8. The third-order valence-corrected chi connectivity index (χ3v) is 8.30. The first-order valence-corrected chi connectivity index (χ1v) is 15.3. The van der Waals surface area contributed by atoms with Gasteiger partial charge in [0.25, 0.3) is 0 Å². The Hall–Kier alpha value is -6.40. The molecule has 12 heteroatoms. The van der Waals surface area contributed by atoms with E-state index in [2.05, 4.69) is 47.6 Å². The number of carbonyl (C=O) groups is 2. The van der Waals surface area contributed by atoms with Crippen molar-refractivity contribution in [3.63, 3.8) is 0 Å². The number of aromatic nitrogens is 4. The monoisotopic (exact) mass is 634 g/mol. The van der Waals surface area contributed by atoms with Gasteiger partial charge >= 0.3 is 0 Å². The van der Waals surface area contributed by atoms with Crippen LogP contribution < -0.4 is 11.1 Å². The minimum Gasteiger partial charge on any atom is -0.370 e. The number of amides is 2. The lowest BCUT2D eigenvalue weighted by molar-refractivity contribution is -0.118. The maximum absolute atomic E-state index is 13.6. The molecule has 2 unspecified atom stereocenters. The molecule has 0 fully saturated rings. The van der Waals surface area contributed by atoms with E-state index < -0.39 is 17.0 Å². The van der Waals surface area contributed by atoms with E-state index >= 15 is 0 Å². The first kappa shape index (κ1) is 31.6. The lowest BCUT2D eigenvalue weighted by Gasteiger charge is -2.24. The molecule has 3 N–H and O–H groups in total. The van der Waals surface area contributed by atoms with Crippen LogP contribution in [0, 0.1) is 22.7 Å². The highest BCUT2D eigenvalue weighted by Gasteiger charge is 2.35. The van der Waals surface area contributed by atoms with Crippen molar-refractivity contribution in [1.29, 1.82) is 10.5 Å². The van der Waals surface area contributed by atoms with Gasteiger partial charge in [0, 0.05) is 65.6 Å². The minimum absolute atomic E-state index is 0.0195. The van der Waals surface area contributed by atoms with Crippen molar-refractivity contribution in [2.45, 2.75) is 50.1 Å². The number of azo groups is 1. The van der Waals surface area contributed by atoms with Crippen LogP contribution in [-0.2, 0) is 16.0 Å². The van der Waals surface area contributed by atoms with Gasteiger partial charge in [0.2, 0.25) is 11.8 Å². The van der Waals surface area contributed by atoms with Crippen LogP contribution in [0.25, 0.3) is 43.6 Å². The van der Waals surface area contributed by atoms with Crippen molar-refractivity contribution in [3.8, 4) is 12.1 Å². The van der Waals surface area contributed by atoms with E-state index in [0.717, 1.165) is 38.1 Å². The van der Waals surface area contributed by atoms with Gasteiger partial charge in [-0.15, -0.1) is 0 Å². The van der Waals surface area contributed by atoms with Gasteiger partial charge in [-0.3, -0.25) is 29.5 Å². The fraction of sp³-hybridized carbons (Fsp3) is 0.222. The summed E-state index contributed by atoms with van der Waals surface area (Å²) >= 11 is 0. The summed E-state index contributed by atoms with van der Waals surface area (Å²) in [4.78, 5) is 43.1. The maximum Gasteiger partial charge on any atom is 0.224 e. The van der Waals surface area contributed by atoms with Crippen LogP contribution in [0.3, 0.4) is 0 Å². The molecule has 0 saturated heterocycles. The van der Waals surface area contributed by atoms with Gasteiger partial charge in [-0.05, 0) is 67.8 Å². The summed E-state index contributed by atoms with van der Waals surface area (Å²) in [5, 5.41) is 35.6. The summed E-state index contributed by atoms with van der Waals surface area (Å²) in [5.41, 5.74) is 6.45. The van der Waals surface area contributed by atoms with Gasteiger partial charge in [0.1, 0.15) is 0 Å². The van der Waals surface area contributed by atoms with Crippen molar-refractivity contribution in [2.75, 3.05) is 5.32 Å². The zero-order valence-electron chi connectivity index (χ0n) is 26.1. The number of benzene rings is 2. The van der Waals surface area contributed by atoms with Crippen LogP contribution in [0.15, 0.2) is 95.7 Å². The molecular formula is C36H30N10O2. The summed E-state index contributed by atoms with van der Waals surface area (Å²) < 4.78 is 0. The van der Waals surface area contributed by atoms with Crippen molar-refractivity contribution in [3.05, 3.63) is 91.0 Å². The minimum atomic E-state index is -1.56. The van der Waals surface area contributed by atoms with E-state index in [1.54, 1.807) is 36.9 Å². The number of nitrogens with one attached hydrogen (secondary N) is 1. The molecule has 0 aliphatic rings. The molecule has 2 aromatic carbocycles. The zero-order valence-corrected chi connectivity index (χ0v) is 26.1. The van der Waals surface area contributed by atoms with Crippen molar-refractivity contribution in [1.82, 2.24) is 19.9 Å². The van der Waals surface area contributed by atoms with Crippen molar-refractivity contribution in [2.24, 2.45) is 16.0 Å². The molecule has 236 valence electrons. The Balaban J connectivity index is 1.36. The molecule has 12 nitrogen and oxygen atoms in total. The van der Waals surface area contributed by atoms with E-state index in [9.17, 15) is 20.1 Å². The Morgan fingerprint density at radius 2 is 1.35 bits per heavy atom. The molecule has 0 aliphatic heterocycles. The van der Waals surface area contributed by atoms with E-state index in [0.29, 0.717) is 16.7 Å². The Morgan fingerprint density at radius 3 is 1.98 bits per heavy atom. The lowest BCUT2D eigenvalue weighted by atomic mass is 9.86. The van der Waals surface area contributed by atoms with Crippen LogP contribution in [0.2, 0.25) is 0 Å². The quantitative estimate of drug-likeness (QED) is 0.126. The average Bonchev–Trinajstić information content (AvgIpc) is 3.12. The Bertz CT molecular complexity index is 2330. The molecule has 4 heterocycles. The molecule has 2 atom stereocenters. The van der Waals surface area contributed by atoms with E-state index in [1.807, 2.05) is 48.5 Å². The largest absolute Gasteiger partial charge is 0.370 e. The second-order valence-corrected chi connectivity index (χ2v) is 11.8. The van der Waals surface area contributed by atoms with E-state index in [1.165, 1.54) is 6.92 Å². The van der Waals surface area contributed by atoms with Gasteiger partial charge in [0.05, 0.1) is 39.9 Å². The van der Waals surface area contributed by atoms with Gasteiger partial charge in [-0.1, -0.05) is 18.2 Å². The predicted octanol–water partition coefficient (Wildman–Crippen LogP) is 6.10. The summed E-state index contributed by atoms with van der Waals surface area (Å²) in [6, 6.07) is 23.0. The predicted molar refractivity (Wildman–Crippen MR) is 181 cm³/mol. The van der Waals surface area contributed by atoms with Crippen LogP contribution in [0.4, 0.5) is 5.69 Å². The summed E-state index contributed by atoms with van der Waals surface area (Å²) in [5.74, 6) is -0.921. The first-order chi connectivity index (χ1) is 23.2. The third kappa shape index (κ3) is 6.46. The number of hydrogen-bond acceptors (Lipinski definition) is 10. The van der Waals surface area contributed by atoms with E-state index in [4.69, 9.17) is 5.73 Å². The lowest BCUT2D eigenvalue weighted by Crippen LogP contribution is -2.31. The molecule has 0 radical (unpaired) electrons. The standard InChI is InChI=1S/C36H30N10O2/c1-35(21-37,12-10-29(39)47)45-46-36(22-38,20-25-18-23-6-2-14-40-31(23)33-26(25)8-4-16-42-33)13-11-30(48)44-28-19-24-7-3-15-41-32(24)34-27(28)9-5-17-43-34/h2-9,14-19H,10-13,20H2,1H3,(H2,39,47)(H,44,48). The maximum atomic E-state index is 13.6. The number of pyridine rings is 4. The topological polar surface area (TPSA) is 196 Å². The van der Waals surface area contributed by atoms with Crippen LogP contribution in [-0.4, -0.2) is 42.8 Å². The number of nitriles is 2. The first-order valence-electron chi connectivity index (χ1n) is 15.3. The SMILES string of the molecule is CC(C#N)(CCC(N)=O)N=NC(C#N)(CCC(=O)Nc1cc2cccnc2c2ncccc12)Cc1cc2cccnc2c2ncccc12. The number of rotatable bonds is 11. The smallest absolute Gasteiger partial charge is 0.224 e. The van der Waals surface area contributed by atoms with Crippen molar-refractivity contribution < 1.29 is 9.59 Å². The summed E-state index contributed by atoms with van der Waals surface area (Å²) in [6.45, 7) is 1.53. The van der Waals surface area contributed by atoms with Crippen LogP contribution in [0.5, 0.6) is 0 Å². The highest BCUT2D eigenvalue weighted by molar-refractivity contribution is 6.12. The molecule has 4 aromatic heterocycles. The molecule has 0 aliphatic carbocycles. The molecule has 0 saturated carbocycles. The molecule has 48 heavy (non-hydrogen) atoms. The molecule has 6 aromatic rings. The second kappa shape index (κ2) is 13.1. The fourth-order valence-electron chi connectivity index (χ4n) is 5.72. The highest BCUT2D eigenvalue weighted by Crippen LogP contribution is 2.34. The van der Waals surface area contributed by atoms with E-state index in [-0.39, 0.29) is 38.0 Å². The normalized spacial score (nSPS) is 14.0. The average molecular weight is 635 g/mol. The van der Waals surface area contributed by atoms with Crippen molar-refractivity contribution >= 4 is 61.1 Å². The molecule has 6 rings (SSSR count). The van der Waals surface area contributed by atoms with Gasteiger partial charge < -0.3 is 11.1 Å². The number of nitrogens with zero attached hydrogens (tertiary/aromatic N) is 8.